The van der Waals surface area contributed by atoms with Crippen LogP contribution in [0, 0.1) is 0 Å². The number of hydrogen-bond donors (Lipinski definition) is 2. The van der Waals surface area contributed by atoms with Gasteiger partial charge in [-0.1, -0.05) is 72.8 Å². The molecule has 30 heavy (non-hydrogen) atoms. The highest BCUT2D eigenvalue weighted by Crippen LogP contribution is 2.20. The lowest BCUT2D eigenvalue weighted by Gasteiger charge is -2.10. The van der Waals surface area contributed by atoms with Crippen LogP contribution in [0.1, 0.15) is 16.8 Å². The first-order chi connectivity index (χ1) is 14.7. The number of benzene rings is 3. The topological polar surface area (TPSA) is 87.5 Å². The molecule has 6 heteroatoms. The summed E-state index contributed by atoms with van der Waals surface area (Å²) in [6.45, 7) is 0. The zero-order chi connectivity index (χ0) is 20.8. The van der Waals surface area contributed by atoms with Crippen molar-refractivity contribution in [1.29, 1.82) is 0 Å². The van der Waals surface area contributed by atoms with Crippen molar-refractivity contribution in [2.45, 2.75) is 12.8 Å². The molecule has 1 heterocycles. The van der Waals surface area contributed by atoms with E-state index >= 15 is 0 Å². The van der Waals surface area contributed by atoms with E-state index in [1.807, 2.05) is 84.9 Å². The van der Waals surface area contributed by atoms with Gasteiger partial charge in [0.05, 0.1) is 16.7 Å². The molecule has 0 aliphatic carbocycles. The van der Waals surface area contributed by atoms with Crippen LogP contribution in [0.25, 0.3) is 11.0 Å². The molecule has 6 nitrogen and oxygen atoms in total. The number of carbonyl (C=O) groups is 1. The van der Waals surface area contributed by atoms with Crippen LogP contribution in [0.5, 0.6) is 0 Å². The molecular weight excluding hydrogens is 376 g/mol. The van der Waals surface area contributed by atoms with E-state index in [-0.39, 0.29) is 12.1 Å². The molecule has 4 aromatic rings. The van der Waals surface area contributed by atoms with E-state index in [4.69, 9.17) is 4.98 Å². The highest BCUT2D eigenvalue weighted by molar-refractivity contribution is 6.36. The fourth-order valence-corrected chi connectivity index (χ4v) is 3.11. The standard InChI is InChI=1S/C24H20N4O2/c29-24(30)22(16-18-11-5-2-6-12-18)27-28-23-21(15-17-9-3-1-4-10-17)25-19-13-7-8-14-20(19)26-23/h1-14H,15-16H2,(H,26,28)(H,29,30)/b27-22-. The van der Waals surface area contributed by atoms with E-state index in [1.165, 1.54) is 0 Å². The summed E-state index contributed by atoms with van der Waals surface area (Å²) in [5, 5.41) is 13.7. The second kappa shape index (κ2) is 8.96. The summed E-state index contributed by atoms with van der Waals surface area (Å²) in [5.74, 6) is -0.630. The monoisotopic (exact) mass is 396 g/mol. The Morgan fingerprint density at radius 2 is 1.37 bits per heavy atom. The van der Waals surface area contributed by atoms with E-state index in [1.54, 1.807) is 0 Å². The Morgan fingerprint density at radius 3 is 2.00 bits per heavy atom. The molecule has 4 rings (SSSR count). The van der Waals surface area contributed by atoms with Gasteiger partial charge in [-0.3, -0.25) is 5.43 Å². The van der Waals surface area contributed by atoms with Crippen molar-refractivity contribution in [1.82, 2.24) is 9.97 Å². The van der Waals surface area contributed by atoms with E-state index in [2.05, 4.69) is 15.5 Å². The first kappa shape index (κ1) is 19.3. The summed E-state index contributed by atoms with van der Waals surface area (Å²) >= 11 is 0. The molecule has 0 amide bonds. The second-order valence-electron chi connectivity index (χ2n) is 6.81. The summed E-state index contributed by atoms with van der Waals surface area (Å²) in [6, 6.07) is 26.9. The van der Waals surface area contributed by atoms with Crippen molar-refractivity contribution in [2.75, 3.05) is 5.43 Å². The quantitative estimate of drug-likeness (QED) is 0.359. The molecule has 0 atom stereocenters. The number of aliphatic carboxylic acids is 1. The Balaban J connectivity index is 1.68. The molecule has 0 unspecified atom stereocenters. The van der Waals surface area contributed by atoms with Crippen molar-refractivity contribution in [3.8, 4) is 0 Å². The first-order valence-electron chi connectivity index (χ1n) is 9.58. The molecule has 0 saturated carbocycles. The Labute approximate surface area is 173 Å². The zero-order valence-corrected chi connectivity index (χ0v) is 16.2. The van der Waals surface area contributed by atoms with E-state index < -0.39 is 5.97 Å². The van der Waals surface area contributed by atoms with Gasteiger partial charge in [0, 0.05) is 12.8 Å². The number of carboxylic acids is 1. The number of carboxylic acid groups (broad SMARTS) is 1. The van der Waals surface area contributed by atoms with Crippen molar-refractivity contribution in [3.63, 3.8) is 0 Å². The molecule has 0 radical (unpaired) electrons. The van der Waals surface area contributed by atoms with Crippen LogP contribution in [-0.4, -0.2) is 26.8 Å². The molecular formula is C24H20N4O2. The lowest BCUT2D eigenvalue weighted by molar-refractivity contribution is -0.129. The Kier molecular flexibility index (Phi) is 5.75. The number of rotatable bonds is 7. The van der Waals surface area contributed by atoms with Crippen LogP contribution in [0.15, 0.2) is 90.0 Å². The average Bonchev–Trinajstić information content (AvgIpc) is 2.78. The fourth-order valence-electron chi connectivity index (χ4n) is 3.11. The molecule has 0 spiro atoms. The van der Waals surface area contributed by atoms with Gasteiger partial charge in [-0.2, -0.15) is 5.10 Å². The largest absolute Gasteiger partial charge is 0.477 e. The number of hydrogen-bond acceptors (Lipinski definition) is 5. The second-order valence-corrected chi connectivity index (χ2v) is 6.81. The Bertz CT molecular complexity index is 1190. The average molecular weight is 396 g/mol. The van der Waals surface area contributed by atoms with Crippen molar-refractivity contribution in [2.24, 2.45) is 5.10 Å². The first-order valence-corrected chi connectivity index (χ1v) is 9.58. The van der Waals surface area contributed by atoms with Gasteiger partial charge in [-0.05, 0) is 23.3 Å². The van der Waals surface area contributed by atoms with Crippen LogP contribution < -0.4 is 5.43 Å². The molecule has 0 saturated heterocycles. The van der Waals surface area contributed by atoms with Crippen LogP contribution in [-0.2, 0) is 17.6 Å². The van der Waals surface area contributed by atoms with E-state index in [0.717, 1.165) is 16.6 Å². The summed E-state index contributed by atoms with van der Waals surface area (Å²) in [6.07, 6.45) is 0.760. The molecule has 0 fully saturated rings. The smallest absolute Gasteiger partial charge is 0.352 e. The Morgan fingerprint density at radius 1 is 0.800 bits per heavy atom. The maximum atomic E-state index is 11.7. The maximum Gasteiger partial charge on any atom is 0.352 e. The number of nitrogens with one attached hydrogen (secondary N) is 1. The van der Waals surface area contributed by atoms with Gasteiger partial charge >= 0.3 is 5.97 Å². The van der Waals surface area contributed by atoms with Crippen molar-refractivity contribution >= 4 is 28.5 Å². The maximum absolute atomic E-state index is 11.7. The number of hydrazone groups is 1. The van der Waals surface area contributed by atoms with Crippen LogP contribution in [0.2, 0.25) is 0 Å². The summed E-state index contributed by atoms with van der Waals surface area (Å²) < 4.78 is 0. The number of nitrogens with zero attached hydrogens (tertiary/aromatic N) is 3. The zero-order valence-electron chi connectivity index (χ0n) is 16.2. The lowest BCUT2D eigenvalue weighted by Crippen LogP contribution is -2.18. The van der Waals surface area contributed by atoms with Gasteiger partial charge in [0.2, 0.25) is 0 Å². The van der Waals surface area contributed by atoms with Gasteiger partial charge in [0.1, 0.15) is 5.71 Å². The fraction of sp³-hybridized carbons (Fsp3) is 0.0833. The summed E-state index contributed by atoms with van der Waals surface area (Å²) in [7, 11) is 0. The van der Waals surface area contributed by atoms with Crippen LogP contribution >= 0.6 is 0 Å². The van der Waals surface area contributed by atoms with Gasteiger partial charge < -0.3 is 5.11 Å². The third-order valence-corrected chi connectivity index (χ3v) is 4.62. The van der Waals surface area contributed by atoms with Crippen molar-refractivity contribution in [3.05, 3.63) is 102 Å². The van der Waals surface area contributed by atoms with E-state index in [9.17, 15) is 9.90 Å². The van der Waals surface area contributed by atoms with Crippen molar-refractivity contribution < 1.29 is 9.90 Å². The third kappa shape index (κ3) is 4.67. The Hall–Kier alpha value is -4.06. The predicted molar refractivity (Wildman–Crippen MR) is 118 cm³/mol. The van der Waals surface area contributed by atoms with E-state index in [0.29, 0.717) is 23.4 Å². The molecule has 1 aromatic heterocycles. The molecule has 148 valence electrons. The highest BCUT2D eigenvalue weighted by atomic mass is 16.4. The molecule has 3 aromatic carbocycles. The predicted octanol–water partition coefficient (Wildman–Crippen LogP) is 4.32. The summed E-state index contributed by atoms with van der Waals surface area (Å²) in [4.78, 5) is 21.1. The SMILES string of the molecule is O=C(O)/C(Cc1ccccc1)=N\Nc1nc2ccccc2nc1Cc1ccccc1. The molecule has 0 aliphatic heterocycles. The molecule has 0 bridgehead atoms. The number of anilines is 1. The minimum Gasteiger partial charge on any atom is -0.477 e. The third-order valence-electron chi connectivity index (χ3n) is 4.62. The summed E-state index contributed by atoms with van der Waals surface area (Å²) in [5.41, 5.74) is 7.01. The number of aromatic nitrogens is 2. The lowest BCUT2D eigenvalue weighted by atomic mass is 10.1. The van der Waals surface area contributed by atoms with Gasteiger partial charge in [0.15, 0.2) is 5.82 Å². The van der Waals surface area contributed by atoms with Crippen LogP contribution in [0.4, 0.5) is 5.82 Å². The minimum atomic E-state index is -1.08. The highest BCUT2D eigenvalue weighted by Gasteiger charge is 2.13. The number of para-hydroxylation sites is 2. The van der Waals surface area contributed by atoms with Gasteiger partial charge in [-0.25, -0.2) is 14.8 Å². The van der Waals surface area contributed by atoms with Gasteiger partial charge in [0.25, 0.3) is 0 Å². The number of fused-ring (bicyclic) bond motifs is 1. The van der Waals surface area contributed by atoms with Crippen LogP contribution in [0.3, 0.4) is 0 Å². The molecule has 0 aliphatic rings. The normalized spacial score (nSPS) is 11.4. The molecule has 2 N–H and O–H groups in total. The van der Waals surface area contributed by atoms with Gasteiger partial charge in [-0.15, -0.1) is 0 Å². The minimum absolute atomic E-state index is 0.00168.